The summed E-state index contributed by atoms with van der Waals surface area (Å²) in [7, 11) is -2.10. The third-order valence-electron chi connectivity index (χ3n) is 2.65. The van der Waals surface area contributed by atoms with Crippen LogP contribution in [0, 0.1) is 0 Å². The van der Waals surface area contributed by atoms with E-state index >= 15 is 0 Å². The number of anilines is 1. The molecule has 0 unspecified atom stereocenters. The fraction of sp³-hybridized carbons (Fsp3) is 0.167. The number of nitrogens with one attached hydrogen (secondary N) is 2. The van der Waals surface area contributed by atoms with Gasteiger partial charge in [0.25, 0.3) is 10.0 Å². The minimum Gasteiger partial charge on any atom is -0.496 e. The van der Waals surface area contributed by atoms with Gasteiger partial charge in [-0.1, -0.05) is 0 Å². The van der Waals surface area contributed by atoms with Crippen LogP contribution >= 0.6 is 15.9 Å². The highest BCUT2D eigenvalue weighted by Crippen LogP contribution is 2.28. The Morgan fingerprint density at radius 3 is 2.70 bits per heavy atom. The molecular formula is C12H14BrN3O3S. The van der Waals surface area contributed by atoms with E-state index in [0.717, 1.165) is 0 Å². The second-order valence-electron chi connectivity index (χ2n) is 4.02. The third-order valence-corrected chi connectivity index (χ3v) is 4.63. The number of hydrogen-bond acceptors (Lipinski definition) is 4. The summed E-state index contributed by atoms with van der Waals surface area (Å²) < 4.78 is 32.6. The van der Waals surface area contributed by atoms with E-state index in [1.54, 1.807) is 18.2 Å². The number of aromatic amines is 1. The smallest absolute Gasteiger partial charge is 0.263 e. The summed E-state index contributed by atoms with van der Waals surface area (Å²) in [5, 5.41) is 0. The van der Waals surface area contributed by atoms with Crippen molar-refractivity contribution in [3.05, 3.63) is 40.6 Å². The number of sulfonamides is 1. The van der Waals surface area contributed by atoms with Crippen molar-refractivity contribution in [2.75, 3.05) is 11.8 Å². The molecule has 2 rings (SSSR count). The number of aromatic nitrogens is 1. The van der Waals surface area contributed by atoms with E-state index in [1.807, 2.05) is 0 Å². The molecule has 6 nitrogen and oxygen atoms in total. The quantitative estimate of drug-likeness (QED) is 0.760. The number of benzene rings is 1. The highest BCUT2D eigenvalue weighted by Gasteiger charge is 2.16. The molecule has 0 aliphatic carbocycles. The Morgan fingerprint density at radius 1 is 1.40 bits per heavy atom. The summed E-state index contributed by atoms with van der Waals surface area (Å²) >= 11 is 3.30. The zero-order chi connectivity index (χ0) is 14.8. The van der Waals surface area contributed by atoms with Crippen LogP contribution in [0.5, 0.6) is 5.75 Å². The predicted octanol–water partition coefficient (Wildman–Crippen LogP) is 2.05. The molecule has 8 heteroatoms. The zero-order valence-electron chi connectivity index (χ0n) is 10.7. The molecule has 20 heavy (non-hydrogen) atoms. The van der Waals surface area contributed by atoms with E-state index in [2.05, 4.69) is 25.6 Å². The van der Waals surface area contributed by atoms with Crippen molar-refractivity contribution >= 4 is 31.6 Å². The van der Waals surface area contributed by atoms with Crippen molar-refractivity contribution in [1.82, 2.24) is 4.98 Å². The molecule has 0 radical (unpaired) electrons. The molecule has 0 spiro atoms. The summed E-state index contributed by atoms with van der Waals surface area (Å²) in [5.41, 5.74) is 6.54. The minimum atomic E-state index is -3.64. The second-order valence-corrected chi connectivity index (χ2v) is 6.56. The van der Waals surface area contributed by atoms with Crippen LogP contribution < -0.4 is 15.2 Å². The van der Waals surface area contributed by atoms with Gasteiger partial charge in [-0.3, -0.25) is 4.72 Å². The van der Waals surface area contributed by atoms with Crippen molar-refractivity contribution in [2.45, 2.75) is 11.4 Å². The van der Waals surface area contributed by atoms with Crippen LogP contribution in [0.25, 0.3) is 0 Å². The third kappa shape index (κ3) is 3.14. The normalized spacial score (nSPS) is 11.3. The number of hydrogen-bond donors (Lipinski definition) is 3. The summed E-state index contributed by atoms with van der Waals surface area (Å²) in [4.78, 5) is 2.95. The molecule has 108 valence electrons. The molecule has 0 atom stereocenters. The molecule has 2 aromatic rings. The standard InChI is InChI=1S/C12H14BrN3O3S/c1-19-12-3-2-8(5-11(12)13)16-20(17,18)10-4-9(6-14)15-7-10/h2-5,7,15-16H,6,14H2,1H3. The van der Waals surface area contributed by atoms with Gasteiger partial charge in [-0.05, 0) is 40.2 Å². The van der Waals surface area contributed by atoms with Crippen LogP contribution in [0.4, 0.5) is 5.69 Å². The molecule has 0 bridgehead atoms. The minimum absolute atomic E-state index is 0.143. The molecule has 0 aliphatic heterocycles. The maximum absolute atomic E-state index is 12.2. The fourth-order valence-electron chi connectivity index (χ4n) is 1.64. The highest BCUT2D eigenvalue weighted by molar-refractivity contribution is 9.10. The lowest BCUT2D eigenvalue weighted by Crippen LogP contribution is -2.12. The molecule has 0 fully saturated rings. The lowest BCUT2D eigenvalue weighted by atomic mass is 10.3. The maximum atomic E-state index is 12.2. The predicted molar refractivity (Wildman–Crippen MR) is 80.2 cm³/mol. The van der Waals surface area contributed by atoms with Crippen molar-refractivity contribution < 1.29 is 13.2 Å². The highest BCUT2D eigenvalue weighted by atomic mass is 79.9. The van der Waals surface area contributed by atoms with E-state index in [1.165, 1.54) is 19.4 Å². The van der Waals surface area contributed by atoms with Gasteiger partial charge in [-0.25, -0.2) is 8.42 Å². The van der Waals surface area contributed by atoms with Crippen LogP contribution in [0.1, 0.15) is 5.69 Å². The Balaban J connectivity index is 2.26. The maximum Gasteiger partial charge on any atom is 0.263 e. The largest absolute Gasteiger partial charge is 0.496 e. The van der Waals surface area contributed by atoms with Crippen LogP contribution in [-0.2, 0) is 16.6 Å². The van der Waals surface area contributed by atoms with Crippen LogP contribution in [-0.4, -0.2) is 20.5 Å². The van der Waals surface area contributed by atoms with Crippen molar-refractivity contribution in [3.63, 3.8) is 0 Å². The first kappa shape index (κ1) is 14.9. The van der Waals surface area contributed by atoms with Crippen LogP contribution in [0.3, 0.4) is 0 Å². The Morgan fingerprint density at radius 2 is 2.15 bits per heavy atom. The van der Waals surface area contributed by atoms with E-state index in [9.17, 15) is 8.42 Å². The first-order valence-electron chi connectivity index (χ1n) is 5.70. The lowest BCUT2D eigenvalue weighted by molar-refractivity contribution is 0.412. The number of halogens is 1. The number of methoxy groups -OCH3 is 1. The lowest BCUT2D eigenvalue weighted by Gasteiger charge is -2.09. The van der Waals surface area contributed by atoms with Crippen LogP contribution in [0.2, 0.25) is 0 Å². The van der Waals surface area contributed by atoms with E-state index in [0.29, 0.717) is 21.6 Å². The van der Waals surface area contributed by atoms with Gasteiger partial charge in [-0.15, -0.1) is 0 Å². The van der Waals surface area contributed by atoms with Crippen molar-refractivity contribution in [3.8, 4) is 5.75 Å². The topological polar surface area (TPSA) is 97.2 Å². The molecule has 1 aromatic heterocycles. The molecular weight excluding hydrogens is 346 g/mol. The fourth-order valence-corrected chi connectivity index (χ4v) is 3.24. The van der Waals surface area contributed by atoms with Gasteiger partial charge in [0.2, 0.25) is 0 Å². The Labute approximate surface area is 125 Å². The summed E-state index contributed by atoms with van der Waals surface area (Å²) in [6, 6.07) is 6.43. The van der Waals surface area contributed by atoms with Gasteiger partial charge in [0.05, 0.1) is 17.3 Å². The summed E-state index contributed by atoms with van der Waals surface area (Å²) in [5.74, 6) is 0.625. The Hall–Kier alpha value is -1.51. The average molecular weight is 360 g/mol. The summed E-state index contributed by atoms with van der Waals surface area (Å²) in [6.07, 6.45) is 1.41. The molecule has 0 amide bonds. The van der Waals surface area contributed by atoms with E-state index in [-0.39, 0.29) is 11.4 Å². The van der Waals surface area contributed by atoms with Crippen molar-refractivity contribution in [2.24, 2.45) is 5.73 Å². The summed E-state index contributed by atoms with van der Waals surface area (Å²) in [6.45, 7) is 0.254. The zero-order valence-corrected chi connectivity index (χ0v) is 13.1. The van der Waals surface area contributed by atoms with Crippen molar-refractivity contribution in [1.29, 1.82) is 0 Å². The molecule has 0 saturated heterocycles. The molecule has 0 aliphatic rings. The number of H-pyrrole nitrogens is 1. The second kappa shape index (κ2) is 5.86. The monoisotopic (exact) mass is 359 g/mol. The molecule has 1 heterocycles. The van der Waals surface area contributed by atoms with E-state index < -0.39 is 10.0 Å². The Bertz CT molecular complexity index is 712. The molecule has 4 N–H and O–H groups in total. The number of nitrogens with two attached hydrogens (primary N) is 1. The first-order valence-corrected chi connectivity index (χ1v) is 7.97. The number of rotatable bonds is 5. The molecule has 0 saturated carbocycles. The average Bonchev–Trinajstić information content (AvgIpc) is 2.88. The van der Waals surface area contributed by atoms with Gasteiger partial charge in [0.1, 0.15) is 10.6 Å². The van der Waals surface area contributed by atoms with Gasteiger partial charge < -0.3 is 15.5 Å². The van der Waals surface area contributed by atoms with Gasteiger partial charge in [-0.2, -0.15) is 0 Å². The first-order chi connectivity index (χ1) is 9.46. The van der Waals surface area contributed by atoms with Crippen LogP contribution in [0.15, 0.2) is 39.8 Å². The number of ether oxygens (including phenoxy) is 1. The SMILES string of the molecule is COc1ccc(NS(=O)(=O)c2c[nH]c(CN)c2)cc1Br. The van der Waals surface area contributed by atoms with Gasteiger partial charge in [0, 0.05) is 18.4 Å². The molecule has 1 aromatic carbocycles. The van der Waals surface area contributed by atoms with E-state index in [4.69, 9.17) is 10.5 Å². The Kier molecular flexibility index (Phi) is 4.36. The van der Waals surface area contributed by atoms with Gasteiger partial charge >= 0.3 is 0 Å². The van der Waals surface area contributed by atoms with Gasteiger partial charge in [0.15, 0.2) is 0 Å².